The molecule has 386 valence electrons. The molecule has 19 heteroatoms. The molecule has 0 aromatic carbocycles. The number of carbonyl (C=O) groups excluding carboxylic acids is 1. The van der Waals surface area contributed by atoms with E-state index >= 15 is 0 Å². The van der Waals surface area contributed by atoms with Crippen LogP contribution in [0.25, 0.3) is 0 Å². The Morgan fingerprint density at radius 1 is 0.706 bits per heavy atom. The van der Waals surface area contributed by atoms with Crippen LogP contribution in [-0.4, -0.2) is 169 Å². The monoisotopic (exact) mass is 968 g/mol. The zero-order valence-corrected chi connectivity index (χ0v) is 40.6. The number of carboxylic acids is 2. The molecule has 8 aliphatic rings. The van der Waals surface area contributed by atoms with Gasteiger partial charge in [-0.05, 0) is 109 Å². The Morgan fingerprint density at radius 2 is 1.37 bits per heavy atom. The number of aliphatic carboxylic acids is 2. The van der Waals surface area contributed by atoms with Crippen molar-refractivity contribution in [1.29, 1.82) is 0 Å². The van der Waals surface area contributed by atoms with Gasteiger partial charge in [0, 0.05) is 6.92 Å². The summed E-state index contributed by atoms with van der Waals surface area (Å²) in [4.78, 5) is 39.3. The molecular formula is C49H76O19. The van der Waals surface area contributed by atoms with E-state index in [1.54, 1.807) is 0 Å². The Hall–Kier alpha value is -2.37. The topological polar surface area (TPSA) is 298 Å². The maximum atomic E-state index is 13.2. The Balaban J connectivity index is 1.11. The fraction of sp³-hybridized carbons (Fsp3) is 0.898. The molecule has 5 aliphatic carbocycles. The Labute approximate surface area is 397 Å². The molecule has 3 saturated heterocycles. The first kappa shape index (κ1) is 52.0. The van der Waals surface area contributed by atoms with E-state index in [2.05, 4.69) is 54.5 Å². The zero-order chi connectivity index (χ0) is 49.8. The quantitative estimate of drug-likeness (QED) is 0.0859. The molecule has 9 N–H and O–H groups in total. The van der Waals surface area contributed by atoms with Gasteiger partial charge in [0.05, 0.1) is 24.7 Å². The normalized spacial score (nSPS) is 50.8. The first-order valence-electron chi connectivity index (χ1n) is 24.6. The molecule has 8 rings (SSSR count). The molecule has 3 heterocycles. The van der Waals surface area contributed by atoms with Crippen LogP contribution in [0.1, 0.15) is 120 Å². The number of hydrogen-bond donors (Lipinski definition) is 9. The highest BCUT2D eigenvalue weighted by Gasteiger charge is 2.70. The lowest BCUT2D eigenvalue weighted by atomic mass is 9.33. The van der Waals surface area contributed by atoms with Gasteiger partial charge in [-0.2, -0.15) is 0 Å². The van der Waals surface area contributed by atoms with E-state index in [1.807, 2.05) is 0 Å². The fourth-order valence-corrected chi connectivity index (χ4v) is 15.1. The Kier molecular flexibility index (Phi) is 14.0. The molecule has 3 aliphatic heterocycles. The van der Waals surface area contributed by atoms with E-state index < -0.39 is 134 Å². The highest BCUT2D eigenvalue weighted by molar-refractivity contribution is 5.77. The van der Waals surface area contributed by atoms with Crippen LogP contribution in [0.2, 0.25) is 0 Å². The van der Waals surface area contributed by atoms with Crippen LogP contribution in [0.3, 0.4) is 0 Å². The second-order valence-corrected chi connectivity index (χ2v) is 23.6. The number of esters is 1. The third kappa shape index (κ3) is 8.28. The minimum absolute atomic E-state index is 0.0295. The van der Waals surface area contributed by atoms with Gasteiger partial charge >= 0.3 is 17.9 Å². The lowest BCUT2D eigenvalue weighted by Gasteiger charge is -2.71. The number of allylic oxidation sites excluding steroid dienone is 2. The first-order valence-corrected chi connectivity index (χ1v) is 24.6. The minimum atomic E-state index is -2.03. The Morgan fingerprint density at radius 3 is 2.01 bits per heavy atom. The number of hydrogen-bond acceptors (Lipinski definition) is 17. The summed E-state index contributed by atoms with van der Waals surface area (Å²) in [7, 11) is 0. The third-order valence-electron chi connectivity index (χ3n) is 19.2. The van der Waals surface area contributed by atoms with Crippen LogP contribution in [0.4, 0.5) is 0 Å². The van der Waals surface area contributed by atoms with Crippen molar-refractivity contribution in [3.63, 3.8) is 0 Å². The van der Waals surface area contributed by atoms with E-state index in [0.717, 1.165) is 45.4 Å². The number of aliphatic hydroxyl groups excluding tert-OH is 7. The van der Waals surface area contributed by atoms with Gasteiger partial charge in [0.25, 0.3) is 0 Å². The molecule has 0 aromatic heterocycles. The summed E-state index contributed by atoms with van der Waals surface area (Å²) in [5.74, 6) is -2.94. The molecule has 0 unspecified atom stereocenters. The van der Waals surface area contributed by atoms with Crippen molar-refractivity contribution < 1.29 is 93.5 Å². The maximum Gasteiger partial charge on any atom is 0.335 e. The van der Waals surface area contributed by atoms with Gasteiger partial charge in [-0.3, -0.25) is 9.59 Å². The number of fused-ring (bicyclic) bond motifs is 7. The number of carboxylic acid groups (broad SMARTS) is 2. The second kappa shape index (κ2) is 18.3. The van der Waals surface area contributed by atoms with Gasteiger partial charge in [0.1, 0.15) is 48.8 Å². The molecule has 0 radical (unpaired) electrons. The van der Waals surface area contributed by atoms with Gasteiger partial charge < -0.3 is 79.1 Å². The molecule has 0 bridgehead atoms. The first-order chi connectivity index (χ1) is 31.7. The van der Waals surface area contributed by atoms with Crippen molar-refractivity contribution >= 4 is 17.9 Å². The number of rotatable bonds is 10. The summed E-state index contributed by atoms with van der Waals surface area (Å²) < 4.78 is 42.4. The van der Waals surface area contributed by atoms with Crippen molar-refractivity contribution in [3.05, 3.63) is 11.6 Å². The van der Waals surface area contributed by atoms with Crippen molar-refractivity contribution in [2.24, 2.45) is 50.2 Å². The minimum Gasteiger partial charge on any atom is -0.481 e. The Bertz CT molecular complexity index is 1940. The van der Waals surface area contributed by atoms with E-state index in [0.29, 0.717) is 25.7 Å². The average Bonchev–Trinajstić information content (AvgIpc) is 3.26. The van der Waals surface area contributed by atoms with Gasteiger partial charge in [-0.15, -0.1) is 0 Å². The number of carbonyl (C=O) groups is 3. The van der Waals surface area contributed by atoms with Crippen LogP contribution < -0.4 is 0 Å². The molecule has 7 fully saturated rings. The van der Waals surface area contributed by atoms with Crippen LogP contribution in [0.15, 0.2) is 11.6 Å². The van der Waals surface area contributed by atoms with E-state index in [-0.39, 0.29) is 39.4 Å². The lowest BCUT2D eigenvalue weighted by molar-refractivity contribution is -0.386. The maximum absolute atomic E-state index is 13.2. The zero-order valence-electron chi connectivity index (χ0n) is 40.6. The predicted octanol–water partition coefficient (Wildman–Crippen LogP) is 2.01. The standard InChI is InChI=1S/C49H76O19/c1-22(51)63-36-35(66-41-34(57)32(55)31(54)26(20-50)64-41)37(39(58)59)67-42(38(36)68-40-33(56)30(53)25(52)21-62-40)65-29-12-13-46(6)27(45(29,4)5)11-14-48(8)28(46)10-9-23-24-19-44(2,3)15-17-49(24,43(60)61)18-16-47(23,48)7/h9,24-38,40-42,50,52-57H,10-21H2,1-8H3,(H,58,59)(H,60,61)/t24-,25+,26+,27-,28+,29-,30-,31+,32-,33+,34+,35-,36-,37-,38+,40-,41-,42+,46-,47+,48+,49-/m0/s1. The van der Waals surface area contributed by atoms with Crippen molar-refractivity contribution in [1.82, 2.24) is 0 Å². The SMILES string of the molecule is CC(=O)O[C@@H]1[C@@H](O[C@@H]2OC[C@@H](O)[C@H](O)[C@H]2O)[C@H](O[C@H]2CC[C@]3(C)[C@H]4CC=C5[C@@H]6CC(C)(C)CC[C@]6(C(=O)O)CC[C@@]5(C)[C@]4(C)CC[C@H]3C2(C)C)O[C@H](C(=O)O)[C@H]1O[C@@H]1O[C@H](CO)[C@@H](O)[C@H](O)[C@H]1O. The van der Waals surface area contributed by atoms with Crippen molar-refractivity contribution in [2.45, 2.75) is 212 Å². The van der Waals surface area contributed by atoms with Gasteiger partial charge in [0.2, 0.25) is 0 Å². The molecule has 4 saturated carbocycles. The van der Waals surface area contributed by atoms with Crippen molar-refractivity contribution in [2.75, 3.05) is 13.2 Å². The van der Waals surface area contributed by atoms with Gasteiger partial charge in [-0.1, -0.05) is 60.1 Å². The molecular weight excluding hydrogens is 893 g/mol. The summed E-state index contributed by atoms with van der Waals surface area (Å²) in [5.41, 5.74) is -0.546. The highest BCUT2D eigenvalue weighted by Crippen LogP contribution is 2.76. The van der Waals surface area contributed by atoms with Crippen LogP contribution in [0.5, 0.6) is 0 Å². The van der Waals surface area contributed by atoms with Crippen molar-refractivity contribution in [3.8, 4) is 0 Å². The fourth-order valence-electron chi connectivity index (χ4n) is 15.1. The highest BCUT2D eigenvalue weighted by atomic mass is 16.8. The molecule has 0 amide bonds. The molecule has 19 nitrogen and oxygen atoms in total. The molecule has 22 atom stereocenters. The summed E-state index contributed by atoms with van der Waals surface area (Å²) in [6, 6.07) is 0. The third-order valence-corrected chi connectivity index (χ3v) is 19.2. The van der Waals surface area contributed by atoms with Gasteiger partial charge in [-0.25, -0.2) is 4.79 Å². The summed E-state index contributed by atoms with van der Waals surface area (Å²) in [6.45, 7) is 15.7. The molecule has 0 spiro atoms. The van der Waals surface area contributed by atoms with E-state index in [1.165, 1.54) is 5.57 Å². The van der Waals surface area contributed by atoms with Crippen LogP contribution in [-0.2, 0) is 47.5 Å². The van der Waals surface area contributed by atoms with Gasteiger partial charge in [0.15, 0.2) is 37.2 Å². The summed E-state index contributed by atoms with van der Waals surface area (Å²) >= 11 is 0. The molecule has 0 aromatic rings. The summed E-state index contributed by atoms with van der Waals surface area (Å²) in [6.07, 6.45) is -15.5. The largest absolute Gasteiger partial charge is 0.481 e. The smallest absolute Gasteiger partial charge is 0.335 e. The number of ether oxygens (including phenoxy) is 7. The van der Waals surface area contributed by atoms with E-state index in [9.17, 15) is 60.3 Å². The average molecular weight is 969 g/mol. The summed E-state index contributed by atoms with van der Waals surface area (Å²) in [5, 5.41) is 95.3. The number of aliphatic hydroxyl groups is 7. The molecule has 68 heavy (non-hydrogen) atoms. The lowest BCUT2D eigenvalue weighted by Crippen LogP contribution is -2.68. The van der Waals surface area contributed by atoms with Crippen LogP contribution in [0, 0.1) is 50.2 Å². The van der Waals surface area contributed by atoms with E-state index in [4.69, 9.17) is 33.2 Å². The predicted molar refractivity (Wildman–Crippen MR) is 235 cm³/mol. The van der Waals surface area contributed by atoms with Crippen LogP contribution >= 0.6 is 0 Å². The second-order valence-electron chi connectivity index (χ2n) is 23.6.